The fraction of sp³-hybridized carbons (Fsp3) is 0.273. The Morgan fingerprint density at radius 1 is 1.42 bits per heavy atom. The van der Waals surface area contributed by atoms with Crippen molar-refractivity contribution < 1.29 is 14.3 Å². The van der Waals surface area contributed by atoms with Gasteiger partial charge in [-0.2, -0.15) is 0 Å². The summed E-state index contributed by atoms with van der Waals surface area (Å²) in [7, 11) is 0. The van der Waals surface area contributed by atoms with E-state index in [1.165, 1.54) is 6.07 Å². The van der Waals surface area contributed by atoms with E-state index in [2.05, 4.69) is 26.0 Å². The van der Waals surface area contributed by atoms with Crippen molar-refractivity contribution in [2.75, 3.05) is 11.9 Å². The molecule has 0 fully saturated rings. The van der Waals surface area contributed by atoms with Crippen molar-refractivity contribution in [2.24, 2.45) is 5.73 Å². The number of carbonyl (C=O) groups is 2. The third kappa shape index (κ3) is 4.07. The van der Waals surface area contributed by atoms with Crippen LogP contribution in [-0.2, 0) is 14.3 Å². The second-order valence-corrected chi connectivity index (χ2v) is 5.05. The number of rotatable bonds is 4. The molecule has 104 valence electrons. The van der Waals surface area contributed by atoms with Crippen LogP contribution in [0.3, 0.4) is 0 Å². The molecule has 3 N–H and O–H groups in total. The SMILES string of the molecule is CCOC(=O)C(N)C(=O)Nc1ccc(Br)c(Cl)c1Cl. The first-order valence-corrected chi connectivity index (χ1v) is 6.80. The van der Waals surface area contributed by atoms with Gasteiger partial charge in [0.1, 0.15) is 0 Å². The predicted molar refractivity (Wildman–Crippen MR) is 77.4 cm³/mol. The third-order valence-electron chi connectivity index (χ3n) is 2.12. The summed E-state index contributed by atoms with van der Waals surface area (Å²) in [6, 6.07) is 1.73. The minimum Gasteiger partial charge on any atom is -0.464 e. The zero-order valence-electron chi connectivity index (χ0n) is 9.88. The normalized spacial score (nSPS) is 11.8. The molecule has 1 unspecified atom stereocenters. The van der Waals surface area contributed by atoms with Crippen LogP contribution in [0.4, 0.5) is 5.69 Å². The quantitative estimate of drug-likeness (QED) is 0.485. The van der Waals surface area contributed by atoms with Gasteiger partial charge in [-0.05, 0) is 35.0 Å². The molecule has 0 aliphatic heterocycles. The zero-order chi connectivity index (χ0) is 14.6. The second-order valence-electron chi connectivity index (χ2n) is 3.44. The number of esters is 1. The summed E-state index contributed by atoms with van der Waals surface area (Å²) in [6.07, 6.45) is 0. The van der Waals surface area contributed by atoms with Gasteiger partial charge in [0, 0.05) is 4.47 Å². The predicted octanol–water partition coefficient (Wildman–Crippen LogP) is 2.58. The number of ether oxygens (including phenoxy) is 1. The molecule has 0 aliphatic carbocycles. The Morgan fingerprint density at radius 2 is 2.05 bits per heavy atom. The smallest absolute Gasteiger partial charge is 0.332 e. The van der Waals surface area contributed by atoms with E-state index in [0.29, 0.717) is 4.47 Å². The summed E-state index contributed by atoms with van der Waals surface area (Å²) < 4.78 is 5.23. The summed E-state index contributed by atoms with van der Waals surface area (Å²) >= 11 is 15.1. The van der Waals surface area contributed by atoms with E-state index in [9.17, 15) is 9.59 Å². The van der Waals surface area contributed by atoms with Crippen molar-refractivity contribution in [1.29, 1.82) is 0 Å². The van der Waals surface area contributed by atoms with Crippen LogP contribution >= 0.6 is 39.1 Å². The lowest BCUT2D eigenvalue weighted by atomic mass is 10.2. The molecule has 0 saturated carbocycles. The number of anilines is 1. The van der Waals surface area contributed by atoms with Crippen molar-refractivity contribution in [3.8, 4) is 0 Å². The molecular formula is C11H11BrCl2N2O3. The second kappa shape index (κ2) is 7.09. The minimum absolute atomic E-state index is 0.144. The summed E-state index contributed by atoms with van der Waals surface area (Å²) in [6.45, 7) is 1.76. The Balaban J connectivity index is 2.83. The molecule has 1 aromatic carbocycles. The van der Waals surface area contributed by atoms with E-state index >= 15 is 0 Å². The Morgan fingerprint density at radius 3 is 2.63 bits per heavy atom. The molecule has 1 aromatic rings. The van der Waals surface area contributed by atoms with Gasteiger partial charge in [-0.15, -0.1) is 0 Å². The molecule has 0 aromatic heterocycles. The van der Waals surface area contributed by atoms with E-state index in [1.54, 1.807) is 13.0 Å². The maximum atomic E-state index is 11.7. The van der Waals surface area contributed by atoms with Gasteiger partial charge in [0.25, 0.3) is 5.91 Å². The van der Waals surface area contributed by atoms with Crippen molar-refractivity contribution in [2.45, 2.75) is 13.0 Å². The number of hydrogen-bond donors (Lipinski definition) is 2. The van der Waals surface area contributed by atoms with Crippen molar-refractivity contribution in [3.63, 3.8) is 0 Å². The van der Waals surface area contributed by atoms with Crippen LogP contribution in [-0.4, -0.2) is 24.5 Å². The van der Waals surface area contributed by atoms with E-state index < -0.39 is 17.9 Å². The molecule has 0 spiro atoms. The summed E-state index contributed by atoms with van der Waals surface area (Å²) in [5, 5.41) is 2.82. The van der Waals surface area contributed by atoms with E-state index in [-0.39, 0.29) is 22.3 Å². The summed E-state index contributed by atoms with van der Waals surface area (Å²) in [5.74, 6) is -1.53. The maximum Gasteiger partial charge on any atom is 0.332 e. The number of hydrogen-bond acceptors (Lipinski definition) is 4. The molecule has 0 aliphatic rings. The van der Waals surface area contributed by atoms with Crippen LogP contribution in [0.5, 0.6) is 0 Å². The molecule has 0 radical (unpaired) electrons. The lowest BCUT2D eigenvalue weighted by molar-refractivity contribution is -0.146. The topological polar surface area (TPSA) is 81.4 Å². The number of amides is 1. The fourth-order valence-corrected chi connectivity index (χ4v) is 1.99. The third-order valence-corrected chi connectivity index (χ3v) is 3.89. The maximum absolute atomic E-state index is 11.7. The van der Waals surface area contributed by atoms with Crippen LogP contribution < -0.4 is 11.1 Å². The molecule has 5 nitrogen and oxygen atoms in total. The Kier molecular flexibility index (Phi) is 6.06. The Hall–Kier alpha value is -0.820. The van der Waals surface area contributed by atoms with Crippen molar-refractivity contribution in [1.82, 2.24) is 0 Å². The first-order chi connectivity index (χ1) is 8.88. The first-order valence-electron chi connectivity index (χ1n) is 5.25. The zero-order valence-corrected chi connectivity index (χ0v) is 13.0. The van der Waals surface area contributed by atoms with Gasteiger partial charge < -0.3 is 15.8 Å². The molecule has 1 atom stereocenters. The van der Waals surface area contributed by atoms with Gasteiger partial charge in [-0.3, -0.25) is 4.79 Å². The van der Waals surface area contributed by atoms with Gasteiger partial charge in [-0.25, -0.2) is 4.79 Å². The molecule has 1 rings (SSSR count). The molecule has 0 saturated heterocycles. The molecule has 0 heterocycles. The monoisotopic (exact) mass is 368 g/mol. The largest absolute Gasteiger partial charge is 0.464 e. The van der Waals surface area contributed by atoms with Crippen molar-refractivity contribution >= 4 is 56.7 Å². The molecule has 1 amide bonds. The highest BCUT2D eigenvalue weighted by Crippen LogP contribution is 2.35. The number of nitrogens with one attached hydrogen (secondary N) is 1. The number of nitrogens with two attached hydrogens (primary N) is 1. The van der Waals surface area contributed by atoms with E-state index in [0.717, 1.165) is 0 Å². The van der Waals surface area contributed by atoms with Crippen LogP contribution in [0.25, 0.3) is 0 Å². The molecule has 8 heteroatoms. The van der Waals surface area contributed by atoms with Gasteiger partial charge in [-0.1, -0.05) is 23.2 Å². The number of carbonyl (C=O) groups excluding carboxylic acids is 2. The molecule has 19 heavy (non-hydrogen) atoms. The average molecular weight is 370 g/mol. The highest BCUT2D eigenvalue weighted by Gasteiger charge is 2.24. The number of benzene rings is 1. The summed E-state index contributed by atoms with van der Waals surface area (Å²) in [5.41, 5.74) is 5.70. The Labute approximate surface area is 128 Å². The Bertz CT molecular complexity index is 511. The average Bonchev–Trinajstić information content (AvgIpc) is 2.38. The van der Waals surface area contributed by atoms with Crippen molar-refractivity contribution in [3.05, 3.63) is 26.7 Å². The molecule has 0 bridgehead atoms. The van der Waals surface area contributed by atoms with Crippen LogP contribution in [0, 0.1) is 0 Å². The lowest BCUT2D eigenvalue weighted by Crippen LogP contribution is -2.43. The van der Waals surface area contributed by atoms with Gasteiger partial charge in [0.05, 0.1) is 22.3 Å². The lowest BCUT2D eigenvalue weighted by Gasteiger charge is -2.13. The number of halogens is 3. The summed E-state index contributed by atoms with van der Waals surface area (Å²) in [4.78, 5) is 23.0. The minimum atomic E-state index is -1.42. The molecular weight excluding hydrogens is 359 g/mol. The van der Waals surface area contributed by atoms with Gasteiger partial charge in [0.15, 0.2) is 6.04 Å². The standard InChI is InChI=1S/C11H11BrCl2N2O3/c1-2-19-11(18)9(15)10(17)16-6-4-3-5(12)7(13)8(6)14/h3-4,9H,2,15H2,1H3,(H,16,17). The van der Waals surface area contributed by atoms with E-state index in [4.69, 9.17) is 28.9 Å². The van der Waals surface area contributed by atoms with E-state index in [1.807, 2.05) is 0 Å². The van der Waals surface area contributed by atoms with Gasteiger partial charge >= 0.3 is 5.97 Å². The van der Waals surface area contributed by atoms with Crippen LogP contribution in [0.15, 0.2) is 16.6 Å². The first kappa shape index (κ1) is 16.2. The van der Waals surface area contributed by atoms with Gasteiger partial charge in [0.2, 0.25) is 0 Å². The highest BCUT2D eigenvalue weighted by molar-refractivity contribution is 9.10. The highest BCUT2D eigenvalue weighted by atomic mass is 79.9. The van der Waals surface area contributed by atoms with Crippen LogP contribution in [0.2, 0.25) is 10.0 Å². The van der Waals surface area contributed by atoms with Crippen LogP contribution in [0.1, 0.15) is 6.92 Å². The fourth-order valence-electron chi connectivity index (χ4n) is 1.17.